The van der Waals surface area contributed by atoms with E-state index in [1.165, 1.54) is 17.1 Å². The molecule has 1 fully saturated rings. The van der Waals surface area contributed by atoms with Crippen molar-refractivity contribution >= 4 is 29.4 Å². The molecule has 1 aliphatic carbocycles. The third-order valence-corrected chi connectivity index (χ3v) is 4.28. The van der Waals surface area contributed by atoms with Crippen LogP contribution in [-0.2, 0) is 30.5 Å². The van der Waals surface area contributed by atoms with Gasteiger partial charge in [0.25, 0.3) is 0 Å². The highest BCUT2D eigenvalue weighted by Gasteiger charge is 2.20. The fourth-order valence-electron chi connectivity index (χ4n) is 3.00. The van der Waals surface area contributed by atoms with Crippen molar-refractivity contribution in [3.63, 3.8) is 0 Å². The number of hydrogen-bond acceptors (Lipinski definition) is 6. The van der Waals surface area contributed by atoms with Crippen LogP contribution in [0, 0.1) is 0 Å². The molecule has 10 heteroatoms. The molecule has 1 heterocycles. The lowest BCUT2D eigenvalue weighted by Crippen LogP contribution is -2.41. The van der Waals surface area contributed by atoms with Gasteiger partial charge in [0.2, 0.25) is 5.91 Å². The zero-order valence-corrected chi connectivity index (χ0v) is 16.2. The van der Waals surface area contributed by atoms with Gasteiger partial charge in [0.1, 0.15) is 6.54 Å². The Hall–Kier alpha value is -2.91. The van der Waals surface area contributed by atoms with E-state index in [0.717, 1.165) is 25.7 Å². The van der Waals surface area contributed by atoms with Gasteiger partial charge in [-0.25, -0.2) is 0 Å². The summed E-state index contributed by atoms with van der Waals surface area (Å²) < 4.78 is 6.18. The van der Waals surface area contributed by atoms with Crippen molar-refractivity contribution in [1.82, 2.24) is 20.4 Å². The Morgan fingerprint density at radius 1 is 1.25 bits per heavy atom. The number of anilines is 1. The van der Waals surface area contributed by atoms with Crippen molar-refractivity contribution in [2.24, 2.45) is 0 Å². The van der Waals surface area contributed by atoms with Crippen LogP contribution in [0.2, 0.25) is 0 Å². The van der Waals surface area contributed by atoms with E-state index in [-0.39, 0.29) is 31.5 Å². The third-order valence-electron chi connectivity index (χ3n) is 4.28. The molecule has 1 atom stereocenters. The van der Waals surface area contributed by atoms with Crippen LogP contribution in [0.15, 0.2) is 12.4 Å². The van der Waals surface area contributed by atoms with Crippen LogP contribution in [0.5, 0.6) is 0 Å². The van der Waals surface area contributed by atoms with E-state index in [9.17, 15) is 19.2 Å². The monoisotopic (exact) mass is 393 g/mol. The van der Waals surface area contributed by atoms with Gasteiger partial charge < -0.3 is 20.7 Å². The van der Waals surface area contributed by atoms with Gasteiger partial charge in [-0.3, -0.25) is 23.9 Å². The van der Waals surface area contributed by atoms with Crippen molar-refractivity contribution in [1.29, 1.82) is 0 Å². The molecule has 0 bridgehead atoms. The van der Waals surface area contributed by atoms with Gasteiger partial charge in [-0.2, -0.15) is 5.10 Å². The molecule has 2 rings (SSSR count). The maximum Gasteiger partial charge on any atom is 0.313 e. The summed E-state index contributed by atoms with van der Waals surface area (Å²) in [5, 5.41) is 11.8. The van der Waals surface area contributed by atoms with E-state index in [2.05, 4.69) is 21.0 Å². The molecule has 1 aliphatic rings. The van der Waals surface area contributed by atoms with E-state index in [4.69, 9.17) is 4.74 Å². The Balaban J connectivity index is 1.76. The number of nitrogens with one attached hydrogen (secondary N) is 3. The molecule has 28 heavy (non-hydrogen) atoms. The summed E-state index contributed by atoms with van der Waals surface area (Å²) in [6.07, 6.45) is 7.05. The molecule has 3 N–H and O–H groups in total. The number of rotatable bonds is 8. The second-order valence-corrected chi connectivity index (χ2v) is 6.81. The smallest absolute Gasteiger partial charge is 0.313 e. The SMILES string of the molecule is CCOC(=O)C[C@H](C)NC(=O)C(=O)Nc1cnn(CC(=O)NC2CCCC2)c1. The lowest BCUT2D eigenvalue weighted by atomic mass is 10.2. The molecule has 1 saturated carbocycles. The summed E-state index contributed by atoms with van der Waals surface area (Å²) in [7, 11) is 0. The minimum atomic E-state index is -0.884. The number of ether oxygens (including phenoxy) is 1. The number of carbonyl (C=O) groups is 4. The van der Waals surface area contributed by atoms with Gasteiger partial charge in [0.05, 0.1) is 24.9 Å². The molecule has 0 aromatic carbocycles. The first-order valence-electron chi connectivity index (χ1n) is 9.46. The summed E-state index contributed by atoms with van der Waals surface area (Å²) in [5.74, 6) is -2.35. The van der Waals surface area contributed by atoms with E-state index in [0.29, 0.717) is 5.69 Å². The van der Waals surface area contributed by atoms with Gasteiger partial charge in [-0.05, 0) is 26.7 Å². The highest BCUT2D eigenvalue weighted by atomic mass is 16.5. The Morgan fingerprint density at radius 2 is 1.96 bits per heavy atom. The van der Waals surface area contributed by atoms with Gasteiger partial charge in [-0.15, -0.1) is 0 Å². The molecule has 10 nitrogen and oxygen atoms in total. The molecule has 0 spiro atoms. The van der Waals surface area contributed by atoms with Crippen LogP contribution in [0.3, 0.4) is 0 Å². The van der Waals surface area contributed by atoms with Crippen LogP contribution < -0.4 is 16.0 Å². The number of hydrogen-bond donors (Lipinski definition) is 3. The zero-order valence-electron chi connectivity index (χ0n) is 16.2. The molecule has 1 aromatic rings. The normalized spacial score (nSPS) is 14.9. The molecular formula is C18H27N5O5. The molecule has 1 aromatic heterocycles. The van der Waals surface area contributed by atoms with Gasteiger partial charge >= 0.3 is 17.8 Å². The van der Waals surface area contributed by atoms with Gasteiger partial charge in [-0.1, -0.05) is 12.8 Å². The lowest BCUT2D eigenvalue weighted by Gasteiger charge is -2.12. The average molecular weight is 393 g/mol. The average Bonchev–Trinajstić information content (AvgIpc) is 3.26. The molecule has 0 saturated heterocycles. The van der Waals surface area contributed by atoms with Crippen LogP contribution in [-0.4, -0.2) is 52.2 Å². The molecular weight excluding hydrogens is 366 g/mol. The highest BCUT2D eigenvalue weighted by molar-refractivity contribution is 6.39. The summed E-state index contributed by atoms with van der Waals surface area (Å²) >= 11 is 0. The largest absolute Gasteiger partial charge is 0.466 e. The number of nitrogens with zero attached hydrogens (tertiary/aromatic N) is 2. The van der Waals surface area contributed by atoms with Gasteiger partial charge in [0.15, 0.2) is 0 Å². The van der Waals surface area contributed by atoms with Crippen molar-refractivity contribution < 1.29 is 23.9 Å². The first-order valence-corrected chi connectivity index (χ1v) is 9.46. The van der Waals surface area contributed by atoms with Crippen LogP contribution in [0.1, 0.15) is 46.0 Å². The standard InChI is InChI=1S/C18H27N5O5/c1-3-28-16(25)8-12(2)20-17(26)18(27)22-14-9-19-23(10-14)11-15(24)21-13-6-4-5-7-13/h9-10,12-13H,3-8,11H2,1-2H3,(H,20,26)(H,21,24)(H,22,27)/t12-/m0/s1. The molecule has 154 valence electrons. The Bertz CT molecular complexity index is 711. The van der Waals surface area contributed by atoms with Crippen LogP contribution >= 0.6 is 0 Å². The topological polar surface area (TPSA) is 131 Å². The number of aromatic nitrogens is 2. The molecule has 0 aliphatic heterocycles. The predicted molar refractivity (Wildman–Crippen MR) is 100 cm³/mol. The second-order valence-electron chi connectivity index (χ2n) is 6.81. The van der Waals surface area contributed by atoms with E-state index in [1.807, 2.05) is 0 Å². The predicted octanol–water partition coefficient (Wildman–Crippen LogP) is 0.338. The number of amides is 3. The summed E-state index contributed by atoms with van der Waals surface area (Å²) in [6.45, 7) is 3.58. The van der Waals surface area contributed by atoms with E-state index >= 15 is 0 Å². The lowest BCUT2D eigenvalue weighted by molar-refractivity contribution is -0.144. The summed E-state index contributed by atoms with van der Waals surface area (Å²) in [6, 6.07) is -0.318. The Morgan fingerprint density at radius 3 is 2.64 bits per heavy atom. The molecule has 0 radical (unpaired) electrons. The van der Waals surface area contributed by atoms with Crippen LogP contribution in [0.4, 0.5) is 5.69 Å². The summed E-state index contributed by atoms with van der Waals surface area (Å²) in [4.78, 5) is 47.3. The van der Waals surface area contributed by atoms with Crippen molar-refractivity contribution in [3.8, 4) is 0 Å². The van der Waals surface area contributed by atoms with E-state index in [1.54, 1.807) is 13.8 Å². The van der Waals surface area contributed by atoms with Crippen molar-refractivity contribution in [2.45, 2.75) is 64.6 Å². The molecule has 0 unspecified atom stereocenters. The fourth-order valence-corrected chi connectivity index (χ4v) is 3.00. The maximum atomic E-state index is 12.0. The second kappa shape index (κ2) is 10.4. The van der Waals surface area contributed by atoms with Crippen molar-refractivity contribution in [2.75, 3.05) is 11.9 Å². The Kier molecular flexibility index (Phi) is 7.97. The van der Waals surface area contributed by atoms with Crippen molar-refractivity contribution in [3.05, 3.63) is 12.4 Å². The fraction of sp³-hybridized carbons (Fsp3) is 0.611. The zero-order chi connectivity index (χ0) is 20.5. The first kappa shape index (κ1) is 21.4. The number of esters is 1. The quantitative estimate of drug-likeness (QED) is 0.431. The molecule has 3 amide bonds. The first-order chi connectivity index (χ1) is 13.4. The highest BCUT2D eigenvalue weighted by Crippen LogP contribution is 2.17. The maximum absolute atomic E-state index is 12.0. The third kappa shape index (κ3) is 7.01. The minimum absolute atomic E-state index is 0.0269. The Labute approximate surface area is 163 Å². The van der Waals surface area contributed by atoms with Gasteiger partial charge in [0, 0.05) is 18.3 Å². The summed E-state index contributed by atoms with van der Waals surface area (Å²) in [5.41, 5.74) is 0.298. The van der Waals surface area contributed by atoms with Crippen LogP contribution in [0.25, 0.3) is 0 Å². The minimum Gasteiger partial charge on any atom is -0.466 e. The number of carbonyl (C=O) groups excluding carboxylic acids is 4. The van der Waals surface area contributed by atoms with E-state index < -0.39 is 23.8 Å².